The van der Waals surface area contributed by atoms with Crippen LogP contribution >= 0.6 is 11.8 Å². The molecule has 1 aliphatic heterocycles. The molecule has 0 radical (unpaired) electrons. The third kappa shape index (κ3) is 2.68. The van der Waals surface area contributed by atoms with Crippen LogP contribution in [-0.2, 0) is 4.79 Å². The van der Waals surface area contributed by atoms with Crippen LogP contribution in [0.1, 0.15) is 23.1 Å². The van der Waals surface area contributed by atoms with Crippen LogP contribution in [0.15, 0.2) is 17.3 Å². The minimum atomic E-state index is -0.157. The number of hydrogen-bond donors (Lipinski definition) is 2. The van der Waals surface area contributed by atoms with Crippen LogP contribution in [0.25, 0.3) is 0 Å². The maximum atomic E-state index is 12.7. The molecule has 116 valence electrons. The molecule has 3 N–H and O–H groups in total. The average molecular weight is 317 g/mol. The smallest absolute Gasteiger partial charge is 0.240 e. The summed E-state index contributed by atoms with van der Waals surface area (Å²) >= 11 is 1.37. The van der Waals surface area contributed by atoms with Gasteiger partial charge in [0, 0.05) is 12.2 Å². The molecule has 1 atom stereocenters. The molecule has 1 aromatic carbocycles. The Labute approximate surface area is 133 Å². The summed E-state index contributed by atoms with van der Waals surface area (Å²) in [5.41, 5.74) is 10.0. The van der Waals surface area contributed by atoms with Gasteiger partial charge in [-0.25, -0.2) is 5.10 Å². The molecule has 1 aliphatic rings. The third-order valence-corrected chi connectivity index (χ3v) is 4.91. The van der Waals surface area contributed by atoms with E-state index in [0.29, 0.717) is 5.16 Å². The van der Waals surface area contributed by atoms with E-state index in [1.54, 1.807) is 0 Å². The molecule has 2 heterocycles. The summed E-state index contributed by atoms with van der Waals surface area (Å²) in [6.07, 6.45) is 0.782. The summed E-state index contributed by atoms with van der Waals surface area (Å²) in [6.45, 7) is 6.90. The second-order valence-corrected chi connectivity index (χ2v) is 6.81. The van der Waals surface area contributed by atoms with Crippen molar-refractivity contribution >= 4 is 29.3 Å². The number of carbonyl (C=O) groups is 1. The lowest BCUT2D eigenvalue weighted by molar-refractivity contribution is -0.116. The van der Waals surface area contributed by atoms with Gasteiger partial charge in [-0.15, -0.1) is 5.10 Å². The van der Waals surface area contributed by atoms with E-state index in [9.17, 15) is 4.79 Å². The summed E-state index contributed by atoms with van der Waals surface area (Å²) < 4.78 is 0. The Hall–Kier alpha value is -2.02. The molecule has 7 heteroatoms. The van der Waals surface area contributed by atoms with Gasteiger partial charge in [0.25, 0.3) is 0 Å². The van der Waals surface area contributed by atoms with Gasteiger partial charge in [-0.1, -0.05) is 29.5 Å². The Kier molecular flexibility index (Phi) is 3.82. The van der Waals surface area contributed by atoms with Crippen LogP contribution in [0.5, 0.6) is 0 Å². The van der Waals surface area contributed by atoms with Gasteiger partial charge in [-0.3, -0.25) is 4.79 Å². The van der Waals surface area contributed by atoms with Gasteiger partial charge in [0.05, 0.1) is 5.25 Å². The van der Waals surface area contributed by atoms with Gasteiger partial charge < -0.3 is 10.6 Å². The van der Waals surface area contributed by atoms with Crippen LogP contribution in [-0.4, -0.2) is 32.9 Å². The minimum Gasteiger partial charge on any atom is -0.368 e. The molecule has 2 aromatic rings. The van der Waals surface area contributed by atoms with Crippen LogP contribution in [0, 0.1) is 20.8 Å². The lowest BCUT2D eigenvalue weighted by atomic mass is 10.0. The Morgan fingerprint density at radius 1 is 1.32 bits per heavy atom. The highest BCUT2D eigenvalue weighted by atomic mass is 32.2. The molecule has 1 fully saturated rings. The summed E-state index contributed by atoms with van der Waals surface area (Å²) in [5.74, 6) is 0.387. The fourth-order valence-corrected chi connectivity index (χ4v) is 3.98. The van der Waals surface area contributed by atoms with Gasteiger partial charge >= 0.3 is 0 Å². The number of aromatic nitrogens is 3. The molecular weight excluding hydrogens is 298 g/mol. The number of nitrogens with two attached hydrogens (primary N) is 1. The maximum absolute atomic E-state index is 12.7. The van der Waals surface area contributed by atoms with Gasteiger partial charge in [0.2, 0.25) is 17.0 Å². The SMILES string of the molecule is Cc1cc(C)c(N2CCC(Sc3n[nH]c(N)n3)C2=O)c(C)c1. The first-order chi connectivity index (χ1) is 10.5. The van der Waals surface area contributed by atoms with Crippen LogP contribution < -0.4 is 10.6 Å². The largest absolute Gasteiger partial charge is 0.368 e. The molecule has 1 aromatic heterocycles. The number of benzene rings is 1. The molecule has 1 amide bonds. The zero-order valence-corrected chi connectivity index (χ0v) is 13.7. The first kappa shape index (κ1) is 14.9. The Balaban J connectivity index is 1.82. The molecule has 22 heavy (non-hydrogen) atoms. The topological polar surface area (TPSA) is 87.9 Å². The molecule has 1 unspecified atom stereocenters. The van der Waals surface area contributed by atoms with Crippen molar-refractivity contribution in [3.05, 3.63) is 28.8 Å². The first-order valence-corrected chi connectivity index (χ1v) is 8.07. The number of rotatable bonds is 3. The van der Waals surface area contributed by atoms with Crippen molar-refractivity contribution in [2.45, 2.75) is 37.6 Å². The lowest BCUT2D eigenvalue weighted by Gasteiger charge is -2.22. The molecule has 6 nitrogen and oxygen atoms in total. The summed E-state index contributed by atoms with van der Waals surface area (Å²) in [5, 5.41) is 6.95. The number of anilines is 2. The summed E-state index contributed by atoms with van der Waals surface area (Å²) in [4.78, 5) is 18.7. The van der Waals surface area contributed by atoms with Crippen LogP contribution in [0.3, 0.4) is 0 Å². The average Bonchev–Trinajstić information content (AvgIpc) is 2.98. The normalized spacial score (nSPS) is 18.2. The van der Waals surface area contributed by atoms with Crippen molar-refractivity contribution in [3.8, 4) is 0 Å². The molecule has 1 saturated heterocycles. The van der Waals surface area contributed by atoms with Gasteiger partial charge in [-0.05, 0) is 38.3 Å². The van der Waals surface area contributed by atoms with Gasteiger partial charge in [0.15, 0.2) is 0 Å². The highest BCUT2D eigenvalue weighted by Gasteiger charge is 2.35. The van der Waals surface area contributed by atoms with Crippen molar-refractivity contribution < 1.29 is 4.79 Å². The van der Waals surface area contributed by atoms with Crippen molar-refractivity contribution in [2.75, 3.05) is 17.2 Å². The van der Waals surface area contributed by atoms with Crippen molar-refractivity contribution in [1.29, 1.82) is 0 Å². The Morgan fingerprint density at radius 2 is 2.00 bits per heavy atom. The maximum Gasteiger partial charge on any atom is 0.240 e. The van der Waals surface area contributed by atoms with Crippen molar-refractivity contribution in [2.24, 2.45) is 0 Å². The number of H-pyrrole nitrogens is 1. The fourth-order valence-electron chi connectivity index (χ4n) is 3.02. The molecule has 3 rings (SSSR count). The molecule has 0 bridgehead atoms. The number of nitrogen functional groups attached to an aromatic ring is 1. The standard InChI is InChI=1S/C15H19N5OS/c1-8-6-9(2)12(10(3)7-8)20-5-4-11(13(20)21)22-15-17-14(16)18-19-15/h6-7,11H,4-5H2,1-3H3,(H3,16,17,18,19). The van der Waals surface area contributed by atoms with E-state index >= 15 is 0 Å². The van der Waals surface area contributed by atoms with E-state index in [2.05, 4.69) is 48.1 Å². The van der Waals surface area contributed by atoms with Crippen LogP contribution in [0.4, 0.5) is 11.6 Å². The fraction of sp³-hybridized carbons (Fsp3) is 0.400. The Morgan fingerprint density at radius 3 is 2.59 bits per heavy atom. The summed E-state index contributed by atoms with van der Waals surface area (Å²) in [7, 11) is 0. The zero-order valence-electron chi connectivity index (χ0n) is 12.9. The minimum absolute atomic E-state index is 0.114. The first-order valence-electron chi connectivity index (χ1n) is 7.19. The zero-order chi connectivity index (χ0) is 15.9. The van der Waals surface area contributed by atoms with Gasteiger partial charge in [-0.2, -0.15) is 4.98 Å². The van der Waals surface area contributed by atoms with E-state index < -0.39 is 0 Å². The number of nitrogens with one attached hydrogen (secondary N) is 1. The van der Waals surface area contributed by atoms with E-state index in [-0.39, 0.29) is 17.1 Å². The second-order valence-electron chi connectivity index (χ2n) is 5.64. The highest BCUT2D eigenvalue weighted by molar-refractivity contribution is 8.00. The molecule has 0 saturated carbocycles. The van der Waals surface area contributed by atoms with E-state index in [0.717, 1.165) is 29.8 Å². The quantitative estimate of drug-likeness (QED) is 0.906. The number of aryl methyl sites for hydroxylation is 3. The van der Waals surface area contributed by atoms with Gasteiger partial charge in [0.1, 0.15) is 0 Å². The lowest BCUT2D eigenvalue weighted by Crippen LogP contribution is -2.29. The number of amides is 1. The molecular formula is C15H19N5OS. The predicted molar refractivity (Wildman–Crippen MR) is 88.1 cm³/mol. The number of hydrogen-bond acceptors (Lipinski definition) is 5. The van der Waals surface area contributed by atoms with Crippen LogP contribution in [0.2, 0.25) is 0 Å². The van der Waals surface area contributed by atoms with E-state index in [1.807, 2.05) is 4.90 Å². The van der Waals surface area contributed by atoms with E-state index in [4.69, 9.17) is 5.73 Å². The number of carbonyl (C=O) groups excluding carboxylic acids is 1. The predicted octanol–water partition coefficient (Wildman–Crippen LogP) is 2.21. The molecule has 0 spiro atoms. The summed E-state index contributed by atoms with van der Waals surface area (Å²) in [6, 6.07) is 4.23. The monoisotopic (exact) mass is 317 g/mol. The number of nitrogens with zero attached hydrogens (tertiary/aromatic N) is 3. The molecule has 0 aliphatic carbocycles. The van der Waals surface area contributed by atoms with Crippen molar-refractivity contribution in [3.63, 3.8) is 0 Å². The highest BCUT2D eigenvalue weighted by Crippen LogP contribution is 2.35. The second kappa shape index (κ2) is 5.64. The third-order valence-electron chi connectivity index (χ3n) is 3.79. The number of thioether (sulfide) groups is 1. The number of aromatic amines is 1. The van der Waals surface area contributed by atoms with E-state index in [1.165, 1.54) is 17.3 Å². The van der Waals surface area contributed by atoms with Crippen molar-refractivity contribution in [1.82, 2.24) is 15.2 Å². The Bertz CT molecular complexity index is 703.